The minimum Gasteiger partial charge on any atom is -0.340 e. The molecule has 1 heterocycles. The van der Waals surface area contributed by atoms with E-state index < -0.39 is 0 Å². The molecule has 4 heteroatoms. The maximum atomic E-state index is 10.4. The number of nitrogens with zero attached hydrogens (tertiary/aromatic N) is 2. The Hall–Kier alpha value is -1.16. The molecule has 0 radical (unpaired) electrons. The molecule has 0 saturated heterocycles. The van der Waals surface area contributed by atoms with E-state index in [2.05, 4.69) is 28.7 Å². The Morgan fingerprint density at radius 2 is 2.21 bits per heavy atom. The highest BCUT2D eigenvalue weighted by Crippen LogP contribution is 1.97. The molecule has 1 N–H and O–H groups in total. The molecule has 1 rings (SSSR count). The second kappa shape index (κ2) is 5.54. The second-order valence-corrected chi connectivity index (χ2v) is 3.18. The standard InChI is InChI=1S/C10H17N3O/c1-3-13(4-2)6-5-10-11-7-9(8-14)12-10/h7-8H,3-6H2,1-2H3,(H,11,12). The summed E-state index contributed by atoms with van der Waals surface area (Å²) >= 11 is 0. The third-order valence-corrected chi connectivity index (χ3v) is 2.33. The molecule has 0 amide bonds. The quantitative estimate of drug-likeness (QED) is 0.692. The highest BCUT2D eigenvalue weighted by molar-refractivity contribution is 5.71. The fourth-order valence-electron chi connectivity index (χ4n) is 1.37. The minimum absolute atomic E-state index is 0.555. The molecule has 0 unspecified atom stereocenters. The number of aromatic nitrogens is 2. The van der Waals surface area contributed by atoms with Crippen molar-refractivity contribution in [1.29, 1.82) is 0 Å². The van der Waals surface area contributed by atoms with E-state index in [4.69, 9.17) is 0 Å². The third kappa shape index (κ3) is 2.96. The number of carbonyl (C=O) groups excluding carboxylic acids is 1. The van der Waals surface area contributed by atoms with Crippen LogP contribution in [0.1, 0.15) is 30.2 Å². The van der Waals surface area contributed by atoms with Crippen molar-refractivity contribution in [3.05, 3.63) is 17.7 Å². The molecular formula is C10H17N3O. The lowest BCUT2D eigenvalue weighted by Crippen LogP contribution is -2.25. The molecule has 14 heavy (non-hydrogen) atoms. The molecule has 0 fully saturated rings. The van der Waals surface area contributed by atoms with Crippen LogP contribution in [0.15, 0.2) is 6.20 Å². The highest BCUT2D eigenvalue weighted by Gasteiger charge is 2.02. The van der Waals surface area contributed by atoms with E-state index in [1.54, 1.807) is 6.20 Å². The van der Waals surface area contributed by atoms with Crippen LogP contribution in [0.5, 0.6) is 0 Å². The Morgan fingerprint density at radius 1 is 1.50 bits per heavy atom. The van der Waals surface area contributed by atoms with Crippen LogP contribution in [0.2, 0.25) is 0 Å². The van der Waals surface area contributed by atoms with Gasteiger partial charge >= 0.3 is 0 Å². The number of likely N-dealkylation sites (N-methyl/N-ethyl adjacent to an activating group) is 1. The van der Waals surface area contributed by atoms with Gasteiger partial charge in [-0.15, -0.1) is 0 Å². The number of aldehydes is 1. The number of hydrogen-bond acceptors (Lipinski definition) is 3. The first-order chi connectivity index (χ1) is 6.80. The largest absolute Gasteiger partial charge is 0.340 e. The molecule has 1 aromatic heterocycles. The number of nitrogens with one attached hydrogen (secondary N) is 1. The van der Waals surface area contributed by atoms with E-state index in [-0.39, 0.29) is 0 Å². The Kier molecular flexibility index (Phi) is 4.32. The summed E-state index contributed by atoms with van der Waals surface area (Å²) in [6, 6.07) is 0. The van der Waals surface area contributed by atoms with Gasteiger partial charge in [0, 0.05) is 13.0 Å². The van der Waals surface area contributed by atoms with Gasteiger partial charge in [0.1, 0.15) is 5.82 Å². The molecule has 0 saturated carbocycles. The van der Waals surface area contributed by atoms with Crippen molar-refractivity contribution >= 4 is 6.29 Å². The zero-order valence-electron chi connectivity index (χ0n) is 8.79. The van der Waals surface area contributed by atoms with E-state index in [1.807, 2.05) is 0 Å². The van der Waals surface area contributed by atoms with Gasteiger partial charge < -0.3 is 9.88 Å². The van der Waals surface area contributed by atoms with Crippen molar-refractivity contribution in [1.82, 2.24) is 14.9 Å². The fraction of sp³-hybridized carbons (Fsp3) is 0.600. The summed E-state index contributed by atoms with van der Waals surface area (Å²) in [5, 5.41) is 0. The van der Waals surface area contributed by atoms with Crippen LogP contribution in [-0.4, -0.2) is 40.8 Å². The maximum Gasteiger partial charge on any atom is 0.167 e. The first-order valence-corrected chi connectivity index (χ1v) is 5.01. The van der Waals surface area contributed by atoms with Crippen molar-refractivity contribution in [3.8, 4) is 0 Å². The first kappa shape index (κ1) is 10.9. The van der Waals surface area contributed by atoms with E-state index in [9.17, 15) is 4.79 Å². The lowest BCUT2D eigenvalue weighted by atomic mass is 10.3. The molecule has 0 aliphatic carbocycles. The van der Waals surface area contributed by atoms with Gasteiger partial charge in [-0.2, -0.15) is 0 Å². The summed E-state index contributed by atoms with van der Waals surface area (Å²) in [7, 11) is 0. The lowest BCUT2D eigenvalue weighted by Gasteiger charge is -2.16. The topological polar surface area (TPSA) is 49.0 Å². The van der Waals surface area contributed by atoms with Crippen LogP contribution in [0, 0.1) is 0 Å². The van der Waals surface area contributed by atoms with Crippen LogP contribution >= 0.6 is 0 Å². The Bertz CT molecular complexity index is 279. The maximum absolute atomic E-state index is 10.4. The van der Waals surface area contributed by atoms with Crippen LogP contribution in [0.25, 0.3) is 0 Å². The van der Waals surface area contributed by atoms with Crippen molar-refractivity contribution < 1.29 is 4.79 Å². The molecule has 0 aromatic carbocycles. The summed E-state index contributed by atoms with van der Waals surface area (Å²) in [4.78, 5) is 19.8. The average Bonchev–Trinajstić information content (AvgIpc) is 2.67. The van der Waals surface area contributed by atoms with Crippen molar-refractivity contribution in [2.24, 2.45) is 0 Å². The van der Waals surface area contributed by atoms with Gasteiger partial charge in [0.2, 0.25) is 0 Å². The van der Waals surface area contributed by atoms with E-state index >= 15 is 0 Å². The molecule has 0 spiro atoms. The number of aromatic amines is 1. The summed E-state index contributed by atoms with van der Waals surface area (Å²) in [5.74, 6) is 0.888. The van der Waals surface area contributed by atoms with Gasteiger partial charge in [0.15, 0.2) is 6.29 Å². The summed E-state index contributed by atoms with van der Waals surface area (Å²) in [6.07, 6.45) is 3.23. The minimum atomic E-state index is 0.555. The van der Waals surface area contributed by atoms with Crippen molar-refractivity contribution in [3.63, 3.8) is 0 Å². The van der Waals surface area contributed by atoms with Crippen molar-refractivity contribution in [2.45, 2.75) is 20.3 Å². The van der Waals surface area contributed by atoms with Gasteiger partial charge in [-0.3, -0.25) is 4.79 Å². The molecule has 78 valence electrons. The smallest absolute Gasteiger partial charge is 0.167 e. The number of hydrogen-bond donors (Lipinski definition) is 1. The molecule has 0 atom stereocenters. The molecular weight excluding hydrogens is 178 g/mol. The zero-order chi connectivity index (χ0) is 10.4. The van der Waals surface area contributed by atoms with Gasteiger partial charge in [-0.05, 0) is 13.1 Å². The average molecular weight is 195 g/mol. The van der Waals surface area contributed by atoms with E-state index in [0.717, 1.165) is 38.2 Å². The molecule has 0 aliphatic rings. The molecule has 1 aromatic rings. The van der Waals surface area contributed by atoms with Crippen LogP contribution in [0.3, 0.4) is 0 Å². The monoisotopic (exact) mass is 195 g/mol. The predicted molar refractivity (Wildman–Crippen MR) is 55.5 cm³/mol. The van der Waals surface area contributed by atoms with Gasteiger partial charge in [0.25, 0.3) is 0 Å². The predicted octanol–water partition coefficient (Wildman–Crippen LogP) is 1.11. The molecule has 0 bridgehead atoms. The van der Waals surface area contributed by atoms with E-state index in [1.165, 1.54) is 0 Å². The van der Waals surface area contributed by atoms with Crippen LogP contribution < -0.4 is 0 Å². The normalized spacial score (nSPS) is 10.8. The van der Waals surface area contributed by atoms with Gasteiger partial charge in [-0.25, -0.2) is 4.98 Å². The SMILES string of the molecule is CCN(CC)CCc1ncc(C=O)[nH]1. The van der Waals surface area contributed by atoms with Crippen molar-refractivity contribution in [2.75, 3.05) is 19.6 Å². The van der Waals surface area contributed by atoms with Gasteiger partial charge in [0.05, 0.1) is 11.9 Å². The number of rotatable bonds is 6. The second-order valence-electron chi connectivity index (χ2n) is 3.18. The number of imidazole rings is 1. The number of H-pyrrole nitrogens is 1. The number of carbonyl (C=O) groups is 1. The lowest BCUT2D eigenvalue weighted by molar-refractivity contribution is 0.111. The Morgan fingerprint density at radius 3 is 2.71 bits per heavy atom. The fourth-order valence-corrected chi connectivity index (χ4v) is 1.37. The van der Waals surface area contributed by atoms with Crippen LogP contribution in [0.4, 0.5) is 0 Å². The highest BCUT2D eigenvalue weighted by atomic mass is 16.1. The van der Waals surface area contributed by atoms with Crippen LogP contribution in [-0.2, 0) is 6.42 Å². The summed E-state index contributed by atoms with van der Waals surface area (Å²) in [5.41, 5.74) is 0.555. The Labute approximate surface area is 84.3 Å². The summed E-state index contributed by atoms with van der Waals surface area (Å²) in [6.45, 7) is 7.37. The van der Waals surface area contributed by atoms with E-state index in [0.29, 0.717) is 5.69 Å². The summed E-state index contributed by atoms with van der Waals surface area (Å²) < 4.78 is 0. The Balaban J connectivity index is 2.40. The zero-order valence-corrected chi connectivity index (χ0v) is 8.79. The third-order valence-electron chi connectivity index (χ3n) is 2.33. The molecule has 4 nitrogen and oxygen atoms in total. The first-order valence-electron chi connectivity index (χ1n) is 5.01. The van der Waals surface area contributed by atoms with Gasteiger partial charge in [-0.1, -0.05) is 13.8 Å². The molecule has 0 aliphatic heterocycles.